The molecule has 1 aliphatic heterocycles. The number of alkyl halides is 3. The summed E-state index contributed by atoms with van der Waals surface area (Å²) in [5.74, 6) is -1.20. The molecule has 128 valence electrons. The molecule has 0 bridgehead atoms. The van der Waals surface area contributed by atoms with Gasteiger partial charge in [-0.25, -0.2) is 4.98 Å². The highest BCUT2D eigenvalue weighted by molar-refractivity contribution is 8.31. The number of fused-ring (bicyclic) bond motifs is 1. The maximum absolute atomic E-state index is 13.3. The van der Waals surface area contributed by atoms with E-state index < -0.39 is 44.3 Å². The van der Waals surface area contributed by atoms with Crippen molar-refractivity contribution in [1.82, 2.24) is 9.97 Å². The molecule has 0 spiro atoms. The summed E-state index contributed by atoms with van der Waals surface area (Å²) in [7, 11) is -3.77. The van der Waals surface area contributed by atoms with Crippen LogP contribution in [0.25, 0.3) is 10.7 Å². The monoisotopic (exact) mass is 378 g/mol. The number of aromatic nitrogens is 2. The first kappa shape index (κ1) is 17.0. The Bertz CT molecular complexity index is 855. The van der Waals surface area contributed by atoms with Crippen molar-refractivity contribution in [1.29, 1.82) is 0 Å². The molecule has 0 saturated carbocycles. The predicted octanol–water partition coefficient (Wildman–Crippen LogP) is 4.80. The third-order valence-electron chi connectivity index (χ3n) is 3.41. The van der Waals surface area contributed by atoms with Crippen LogP contribution in [-0.2, 0) is 11.9 Å². The van der Waals surface area contributed by atoms with Crippen LogP contribution in [0.3, 0.4) is 0 Å². The molecule has 1 aromatic heterocycles. The number of halogens is 4. The Morgan fingerprint density at radius 1 is 1.12 bits per heavy atom. The molecule has 24 heavy (non-hydrogen) atoms. The second-order valence-electron chi connectivity index (χ2n) is 5.03. The smallest absolute Gasteiger partial charge is 0.417 e. The average molecular weight is 379 g/mol. The van der Waals surface area contributed by atoms with Gasteiger partial charge in [0, 0.05) is 23.0 Å². The van der Waals surface area contributed by atoms with Crippen LogP contribution in [0.4, 0.5) is 13.2 Å². The fourth-order valence-electron chi connectivity index (χ4n) is 2.45. The van der Waals surface area contributed by atoms with Gasteiger partial charge in [-0.1, -0.05) is 11.6 Å². The van der Waals surface area contributed by atoms with Gasteiger partial charge in [0.05, 0.1) is 17.0 Å². The van der Waals surface area contributed by atoms with Crippen LogP contribution in [0, 0.1) is 0 Å². The van der Waals surface area contributed by atoms with E-state index in [1.807, 2.05) is 0 Å². The van der Waals surface area contributed by atoms with Crippen LogP contribution in [0.15, 0.2) is 30.6 Å². The van der Waals surface area contributed by atoms with E-state index in [9.17, 15) is 27.4 Å². The minimum Gasteiger partial charge on any atom is -0.504 e. The van der Waals surface area contributed by atoms with Gasteiger partial charge >= 0.3 is 6.18 Å². The minimum atomic E-state index is -4.77. The zero-order valence-corrected chi connectivity index (χ0v) is 13.3. The second-order valence-corrected chi connectivity index (χ2v) is 7.50. The summed E-state index contributed by atoms with van der Waals surface area (Å²) >= 11 is 5.77. The van der Waals surface area contributed by atoms with Crippen molar-refractivity contribution in [2.75, 3.05) is 0 Å². The van der Waals surface area contributed by atoms with Gasteiger partial charge in [0.2, 0.25) is 0 Å². The molecule has 0 amide bonds. The highest BCUT2D eigenvalue weighted by atomic mass is 35.5. The summed E-state index contributed by atoms with van der Waals surface area (Å²) in [6, 6.07) is 2.69. The summed E-state index contributed by atoms with van der Waals surface area (Å²) in [6.45, 7) is 0. The number of aliphatic hydroxyl groups excluding tert-OH is 1. The van der Waals surface area contributed by atoms with Gasteiger partial charge in [-0.15, -0.1) is 0 Å². The topological polar surface area (TPSA) is 86.5 Å². The quantitative estimate of drug-likeness (QED) is 0.663. The van der Waals surface area contributed by atoms with Crippen molar-refractivity contribution in [3.8, 4) is 0 Å². The maximum atomic E-state index is 13.3. The molecule has 0 radical (unpaired) electrons. The van der Waals surface area contributed by atoms with Crippen LogP contribution in [0.5, 0.6) is 0 Å². The Morgan fingerprint density at radius 3 is 2.46 bits per heavy atom. The standard InChI is InChI=1S/C14H10ClF3N2O3S/c15-7-1-2-9(14(16,17)18)8(5-7)13-12(21)11-10(6-24(13,22)23)19-3-4-20-11/h1-5,21-23H,6H2. The molecule has 0 atom stereocenters. The van der Waals surface area contributed by atoms with E-state index in [0.717, 1.165) is 18.2 Å². The first-order valence-corrected chi connectivity index (χ1v) is 8.57. The molecule has 0 saturated heterocycles. The van der Waals surface area contributed by atoms with Crippen LogP contribution < -0.4 is 0 Å². The van der Waals surface area contributed by atoms with Crippen LogP contribution in [0.1, 0.15) is 22.5 Å². The van der Waals surface area contributed by atoms with E-state index in [0.29, 0.717) is 0 Å². The maximum Gasteiger partial charge on any atom is 0.417 e. The molecular formula is C14H10ClF3N2O3S. The van der Waals surface area contributed by atoms with Crippen LogP contribution in [-0.4, -0.2) is 24.2 Å². The SMILES string of the molecule is OC1=C(c2cc(Cl)ccc2C(F)(F)F)S(O)(O)Cc2nccnc21. The summed E-state index contributed by atoms with van der Waals surface area (Å²) in [4.78, 5) is 7.11. The lowest BCUT2D eigenvalue weighted by Crippen LogP contribution is -2.18. The van der Waals surface area contributed by atoms with Crippen molar-refractivity contribution >= 4 is 32.9 Å². The Kier molecular flexibility index (Phi) is 3.99. The molecule has 5 nitrogen and oxygen atoms in total. The zero-order valence-electron chi connectivity index (χ0n) is 11.8. The molecule has 0 fully saturated rings. The Morgan fingerprint density at radius 2 is 1.79 bits per heavy atom. The molecule has 2 heterocycles. The highest BCUT2D eigenvalue weighted by Gasteiger charge is 2.40. The molecular weight excluding hydrogens is 369 g/mol. The Balaban J connectivity index is 2.34. The van der Waals surface area contributed by atoms with E-state index in [1.165, 1.54) is 12.4 Å². The lowest BCUT2D eigenvalue weighted by atomic mass is 10.0. The third-order valence-corrected chi connectivity index (χ3v) is 5.39. The van der Waals surface area contributed by atoms with Crippen molar-refractivity contribution in [2.24, 2.45) is 0 Å². The molecule has 10 heteroatoms. The molecule has 2 aromatic rings. The van der Waals surface area contributed by atoms with E-state index in [1.54, 1.807) is 0 Å². The van der Waals surface area contributed by atoms with Crippen LogP contribution in [0.2, 0.25) is 5.02 Å². The number of aliphatic hydroxyl groups is 1. The number of hydrogen-bond donors (Lipinski definition) is 3. The van der Waals surface area contributed by atoms with Crippen molar-refractivity contribution in [3.63, 3.8) is 0 Å². The lowest BCUT2D eigenvalue weighted by molar-refractivity contribution is -0.137. The van der Waals surface area contributed by atoms with Gasteiger partial charge in [-0.05, 0) is 18.2 Å². The average Bonchev–Trinajstić information content (AvgIpc) is 2.45. The molecule has 3 N–H and O–H groups in total. The zero-order chi connectivity index (χ0) is 17.7. The molecule has 0 unspecified atom stereocenters. The Labute approximate surface area is 140 Å². The first-order valence-electron chi connectivity index (χ1n) is 6.48. The number of hydrogen-bond acceptors (Lipinski definition) is 5. The number of benzene rings is 1. The number of rotatable bonds is 1. The van der Waals surface area contributed by atoms with Crippen molar-refractivity contribution in [2.45, 2.75) is 11.9 Å². The van der Waals surface area contributed by atoms with Crippen LogP contribution >= 0.6 is 22.2 Å². The minimum absolute atomic E-state index is 0.0431. The van der Waals surface area contributed by atoms with Gasteiger partial charge in [-0.2, -0.15) is 23.8 Å². The lowest BCUT2D eigenvalue weighted by Gasteiger charge is -2.38. The largest absolute Gasteiger partial charge is 0.504 e. The fourth-order valence-corrected chi connectivity index (χ4v) is 4.29. The molecule has 1 aliphatic rings. The summed E-state index contributed by atoms with van der Waals surface area (Å²) in [5, 5.41) is 10.3. The predicted molar refractivity (Wildman–Crippen MR) is 84.5 cm³/mol. The molecule has 1 aromatic carbocycles. The summed E-state index contributed by atoms with van der Waals surface area (Å²) < 4.78 is 60.5. The van der Waals surface area contributed by atoms with Crippen molar-refractivity contribution in [3.05, 3.63) is 58.1 Å². The van der Waals surface area contributed by atoms with E-state index in [4.69, 9.17) is 11.6 Å². The van der Waals surface area contributed by atoms with Gasteiger partial charge in [-0.3, -0.25) is 14.1 Å². The van der Waals surface area contributed by atoms with Gasteiger partial charge in [0.15, 0.2) is 5.76 Å². The third kappa shape index (κ3) is 2.84. The van der Waals surface area contributed by atoms with Crippen molar-refractivity contribution < 1.29 is 27.4 Å². The van der Waals surface area contributed by atoms with Gasteiger partial charge in [0.25, 0.3) is 0 Å². The summed E-state index contributed by atoms with van der Waals surface area (Å²) in [5.41, 5.74) is -1.73. The fraction of sp³-hybridized carbons (Fsp3) is 0.143. The normalized spacial score (nSPS) is 18.2. The molecule has 0 aliphatic carbocycles. The number of nitrogens with zero attached hydrogens (tertiary/aromatic N) is 2. The van der Waals surface area contributed by atoms with Gasteiger partial charge < -0.3 is 5.11 Å². The van der Waals surface area contributed by atoms with Gasteiger partial charge in [0.1, 0.15) is 10.6 Å². The highest BCUT2D eigenvalue weighted by Crippen LogP contribution is 2.61. The first-order chi connectivity index (χ1) is 11.1. The second kappa shape index (κ2) is 5.62. The van der Waals surface area contributed by atoms with E-state index >= 15 is 0 Å². The molecule has 3 rings (SSSR count). The summed E-state index contributed by atoms with van der Waals surface area (Å²) in [6.07, 6.45) is -2.25. The van der Waals surface area contributed by atoms with E-state index in [-0.39, 0.29) is 16.4 Å². The van der Waals surface area contributed by atoms with E-state index in [2.05, 4.69) is 9.97 Å². The Hall–Kier alpha value is -1.81.